The number of carbonyl (C=O) groups excluding carboxylic acids is 1. The summed E-state index contributed by atoms with van der Waals surface area (Å²) in [5, 5.41) is 6.42. The molecule has 0 fully saturated rings. The van der Waals surface area contributed by atoms with Crippen LogP contribution < -0.4 is 20.1 Å². The largest absolute Gasteiger partial charge is 0.493 e. The zero-order valence-electron chi connectivity index (χ0n) is 18.5. The Morgan fingerprint density at radius 1 is 1.21 bits per heavy atom. The molecule has 1 rings (SSSR count). The molecule has 0 saturated carbocycles. The third kappa shape index (κ3) is 10.4. The van der Waals surface area contributed by atoms with Gasteiger partial charge in [0, 0.05) is 31.9 Å². The van der Waals surface area contributed by atoms with E-state index in [2.05, 4.69) is 15.6 Å². The zero-order chi connectivity index (χ0) is 21.2. The molecule has 0 aliphatic rings. The van der Waals surface area contributed by atoms with Gasteiger partial charge in [0.1, 0.15) is 5.60 Å². The molecule has 9 heteroatoms. The van der Waals surface area contributed by atoms with Gasteiger partial charge in [0.2, 0.25) is 0 Å². The summed E-state index contributed by atoms with van der Waals surface area (Å²) >= 11 is 0. The molecule has 0 bridgehead atoms. The van der Waals surface area contributed by atoms with E-state index in [1.807, 2.05) is 52.8 Å². The maximum absolute atomic E-state index is 12.0. The molecule has 2 N–H and O–H groups in total. The van der Waals surface area contributed by atoms with E-state index in [4.69, 9.17) is 14.2 Å². The van der Waals surface area contributed by atoms with E-state index >= 15 is 0 Å². The molecule has 1 aromatic rings. The van der Waals surface area contributed by atoms with Gasteiger partial charge in [0.05, 0.1) is 20.3 Å². The first kappa shape index (κ1) is 27.1. The molecule has 0 aromatic heterocycles. The average molecular weight is 522 g/mol. The number of nitrogens with one attached hydrogen (secondary N) is 2. The highest BCUT2D eigenvalue weighted by molar-refractivity contribution is 14.0. The Bertz CT molecular complexity index is 662. The van der Waals surface area contributed by atoms with Crippen LogP contribution in [0.15, 0.2) is 23.2 Å². The minimum absolute atomic E-state index is 0. The van der Waals surface area contributed by atoms with Gasteiger partial charge in [-0.05, 0) is 46.8 Å². The van der Waals surface area contributed by atoms with Crippen molar-refractivity contribution in [3.63, 3.8) is 0 Å². The lowest BCUT2D eigenvalue weighted by Crippen LogP contribution is -2.36. The number of anilines is 1. The first-order valence-electron chi connectivity index (χ1n) is 9.50. The van der Waals surface area contributed by atoms with Crippen molar-refractivity contribution in [2.45, 2.75) is 40.2 Å². The Balaban J connectivity index is 0.00000784. The van der Waals surface area contributed by atoms with Gasteiger partial charge >= 0.3 is 6.09 Å². The third-order valence-electron chi connectivity index (χ3n) is 3.48. The van der Waals surface area contributed by atoms with Gasteiger partial charge in [-0.3, -0.25) is 4.99 Å². The molecule has 8 nitrogen and oxygen atoms in total. The molecule has 1 aromatic carbocycles. The number of carbonyl (C=O) groups is 1. The highest BCUT2D eigenvalue weighted by Crippen LogP contribution is 2.30. The van der Waals surface area contributed by atoms with Gasteiger partial charge in [0.15, 0.2) is 17.5 Å². The number of benzene rings is 1. The van der Waals surface area contributed by atoms with Crippen LogP contribution in [0.2, 0.25) is 0 Å². The standard InChI is InChI=1S/C20H34N4O4.HI/c1-8-21-18(22-12-13-24(6)19(25)28-20(3,4)5)23-15-10-11-16(26-7)17(14-15)27-9-2;/h10-11,14H,8-9,12-13H2,1-7H3,(H2,21,22,23);1H. The summed E-state index contributed by atoms with van der Waals surface area (Å²) in [6.07, 6.45) is -0.364. The summed E-state index contributed by atoms with van der Waals surface area (Å²) in [4.78, 5) is 18.0. The van der Waals surface area contributed by atoms with Gasteiger partial charge in [-0.2, -0.15) is 0 Å². The molecule has 0 saturated heterocycles. The van der Waals surface area contributed by atoms with Gasteiger partial charge in [-0.1, -0.05) is 0 Å². The van der Waals surface area contributed by atoms with Crippen molar-refractivity contribution in [3.8, 4) is 11.5 Å². The number of nitrogens with zero attached hydrogens (tertiary/aromatic N) is 2. The van der Waals surface area contributed by atoms with E-state index in [9.17, 15) is 4.79 Å². The minimum atomic E-state index is -0.516. The maximum atomic E-state index is 12.0. The third-order valence-corrected chi connectivity index (χ3v) is 3.48. The van der Waals surface area contributed by atoms with E-state index in [1.54, 1.807) is 14.2 Å². The Labute approximate surface area is 191 Å². The van der Waals surface area contributed by atoms with Crippen LogP contribution in [-0.4, -0.2) is 63.0 Å². The second-order valence-corrected chi connectivity index (χ2v) is 7.09. The molecule has 0 radical (unpaired) electrons. The lowest BCUT2D eigenvalue weighted by Gasteiger charge is -2.24. The number of halogens is 1. The summed E-state index contributed by atoms with van der Waals surface area (Å²) < 4.78 is 16.3. The van der Waals surface area contributed by atoms with Gasteiger partial charge < -0.3 is 29.7 Å². The van der Waals surface area contributed by atoms with E-state index in [-0.39, 0.29) is 30.1 Å². The zero-order valence-corrected chi connectivity index (χ0v) is 20.8. The molecule has 29 heavy (non-hydrogen) atoms. The quantitative estimate of drug-likeness (QED) is 0.306. The Morgan fingerprint density at radius 2 is 1.90 bits per heavy atom. The Hall–Kier alpha value is -1.91. The van der Waals surface area contributed by atoms with Crippen LogP contribution in [0, 0.1) is 0 Å². The van der Waals surface area contributed by atoms with Crippen molar-refractivity contribution in [3.05, 3.63) is 18.2 Å². The number of rotatable bonds is 8. The molecule has 0 aliphatic heterocycles. The van der Waals surface area contributed by atoms with Crippen molar-refractivity contribution in [1.82, 2.24) is 10.2 Å². The summed E-state index contributed by atoms with van der Waals surface area (Å²) in [5.41, 5.74) is 0.307. The van der Waals surface area contributed by atoms with Gasteiger partial charge in [-0.15, -0.1) is 24.0 Å². The molecule has 0 aliphatic carbocycles. The molecule has 0 atom stereocenters. The average Bonchev–Trinajstić information content (AvgIpc) is 2.61. The fraction of sp³-hybridized carbons (Fsp3) is 0.600. The van der Waals surface area contributed by atoms with Crippen molar-refractivity contribution in [2.75, 3.05) is 45.7 Å². The number of hydrogen-bond donors (Lipinski definition) is 2. The SMILES string of the molecule is CCNC(=NCCN(C)C(=O)OC(C)(C)C)Nc1ccc(OC)c(OCC)c1.I. The molecule has 0 spiro atoms. The molecule has 166 valence electrons. The number of methoxy groups -OCH3 is 1. The topological polar surface area (TPSA) is 84.4 Å². The Morgan fingerprint density at radius 3 is 2.45 bits per heavy atom. The van der Waals surface area contributed by atoms with Crippen LogP contribution in [0.3, 0.4) is 0 Å². The second-order valence-electron chi connectivity index (χ2n) is 7.09. The summed E-state index contributed by atoms with van der Waals surface area (Å²) in [6, 6.07) is 5.59. The van der Waals surface area contributed by atoms with Crippen LogP contribution in [0.1, 0.15) is 34.6 Å². The molecular weight excluding hydrogens is 487 g/mol. The molecule has 0 heterocycles. The first-order valence-corrected chi connectivity index (χ1v) is 9.50. The fourth-order valence-corrected chi connectivity index (χ4v) is 2.21. The summed E-state index contributed by atoms with van der Waals surface area (Å²) in [5.74, 6) is 1.96. The predicted octanol–water partition coefficient (Wildman–Crippen LogP) is 3.96. The lowest BCUT2D eigenvalue weighted by atomic mass is 10.2. The number of aliphatic imine (C=N–C) groups is 1. The van der Waals surface area contributed by atoms with Gasteiger partial charge in [0.25, 0.3) is 0 Å². The number of ether oxygens (including phenoxy) is 3. The van der Waals surface area contributed by atoms with E-state index in [0.717, 1.165) is 5.69 Å². The van der Waals surface area contributed by atoms with Crippen molar-refractivity contribution in [2.24, 2.45) is 4.99 Å². The molecular formula is C20H35IN4O4. The van der Waals surface area contributed by atoms with Crippen LogP contribution >= 0.6 is 24.0 Å². The summed E-state index contributed by atoms with van der Waals surface area (Å²) in [7, 11) is 3.30. The van der Waals surface area contributed by atoms with Crippen molar-refractivity contribution < 1.29 is 19.0 Å². The van der Waals surface area contributed by atoms with Crippen LogP contribution in [-0.2, 0) is 4.74 Å². The maximum Gasteiger partial charge on any atom is 0.410 e. The van der Waals surface area contributed by atoms with E-state index in [0.29, 0.717) is 43.7 Å². The number of hydrogen-bond acceptors (Lipinski definition) is 5. The first-order chi connectivity index (χ1) is 13.2. The summed E-state index contributed by atoms with van der Waals surface area (Å²) in [6.45, 7) is 11.6. The number of likely N-dealkylation sites (N-methyl/N-ethyl adjacent to an activating group) is 1. The van der Waals surface area contributed by atoms with Crippen molar-refractivity contribution >= 4 is 41.7 Å². The highest BCUT2D eigenvalue weighted by atomic mass is 127. The van der Waals surface area contributed by atoms with Crippen LogP contribution in [0.5, 0.6) is 11.5 Å². The minimum Gasteiger partial charge on any atom is -0.493 e. The fourth-order valence-electron chi connectivity index (χ4n) is 2.21. The van der Waals surface area contributed by atoms with Crippen LogP contribution in [0.25, 0.3) is 0 Å². The smallest absolute Gasteiger partial charge is 0.410 e. The number of guanidine groups is 1. The molecule has 0 unspecified atom stereocenters. The normalized spacial score (nSPS) is 11.2. The van der Waals surface area contributed by atoms with Gasteiger partial charge in [-0.25, -0.2) is 4.79 Å². The second kappa shape index (κ2) is 13.3. The number of amides is 1. The van der Waals surface area contributed by atoms with Crippen LogP contribution in [0.4, 0.5) is 10.5 Å². The predicted molar refractivity (Wildman–Crippen MR) is 128 cm³/mol. The highest BCUT2D eigenvalue weighted by Gasteiger charge is 2.19. The lowest BCUT2D eigenvalue weighted by molar-refractivity contribution is 0.0304. The monoisotopic (exact) mass is 522 g/mol. The van der Waals surface area contributed by atoms with E-state index < -0.39 is 5.60 Å². The van der Waals surface area contributed by atoms with Crippen molar-refractivity contribution in [1.29, 1.82) is 0 Å². The molecule has 1 amide bonds. The van der Waals surface area contributed by atoms with E-state index in [1.165, 1.54) is 4.90 Å². The Kier molecular flexibility index (Phi) is 12.5.